The van der Waals surface area contributed by atoms with E-state index >= 15 is 0 Å². The van der Waals surface area contributed by atoms with Crippen LogP contribution in [0.2, 0.25) is 0 Å². The summed E-state index contributed by atoms with van der Waals surface area (Å²) < 4.78 is 0. The Morgan fingerprint density at radius 3 is 2.43 bits per heavy atom. The van der Waals surface area contributed by atoms with Gasteiger partial charge in [-0.1, -0.05) is 23.8 Å². The van der Waals surface area contributed by atoms with Crippen LogP contribution >= 0.6 is 11.3 Å². The van der Waals surface area contributed by atoms with Crippen LogP contribution in [-0.4, -0.2) is 13.0 Å². The number of thiophene rings is 1. The van der Waals surface area contributed by atoms with Crippen molar-refractivity contribution in [3.8, 4) is 0 Å². The molecule has 0 aliphatic carbocycles. The zero-order valence-corrected chi connectivity index (χ0v) is 14.0. The fourth-order valence-corrected chi connectivity index (χ4v) is 3.02. The van der Waals surface area contributed by atoms with E-state index in [1.165, 1.54) is 26.4 Å². The van der Waals surface area contributed by atoms with Crippen molar-refractivity contribution in [2.45, 2.75) is 33.9 Å². The van der Waals surface area contributed by atoms with Crippen LogP contribution in [0, 0.1) is 20.8 Å². The van der Waals surface area contributed by atoms with Crippen LogP contribution in [0.3, 0.4) is 0 Å². The summed E-state index contributed by atoms with van der Waals surface area (Å²) in [6, 6.07) is 10.8. The van der Waals surface area contributed by atoms with Gasteiger partial charge in [0, 0.05) is 23.3 Å². The Balaban J connectivity index is 1.88. The molecular formula is C17H23N3S. The quantitative estimate of drug-likeness (QED) is 0.669. The molecule has 2 aromatic rings. The molecule has 0 amide bonds. The fraction of sp³-hybridized carbons (Fsp3) is 0.353. The predicted octanol–water partition coefficient (Wildman–Crippen LogP) is 3.54. The van der Waals surface area contributed by atoms with Gasteiger partial charge < -0.3 is 10.6 Å². The number of aliphatic imine (C=N–C) groups is 1. The van der Waals surface area contributed by atoms with Gasteiger partial charge >= 0.3 is 0 Å². The third-order valence-corrected chi connectivity index (χ3v) is 4.39. The minimum atomic E-state index is 0.787. The van der Waals surface area contributed by atoms with Crippen LogP contribution in [0.5, 0.6) is 0 Å². The lowest BCUT2D eigenvalue weighted by atomic mass is 10.1. The first-order valence-corrected chi connectivity index (χ1v) is 7.96. The first-order chi connectivity index (χ1) is 10.1. The number of nitrogens with one attached hydrogen (secondary N) is 2. The normalized spacial score (nSPS) is 11.5. The van der Waals surface area contributed by atoms with E-state index in [0.717, 1.165) is 19.0 Å². The molecule has 1 aromatic heterocycles. The molecule has 0 aliphatic heterocycles. The minimum Gasteiger partial charge on any atom is -0.352 e. The van der Waals surface area contributed by atoms with Gasteiger partial charge in [0.05, 0.1) is 6.54 Å². The molecule has 2 rings (SSSR count). The van der Waals surface area contributed by atoms with Crippen LogP contribution < -0.4 is 10.6 Å². The van der Waals surface area contributed by atoms with Crippen LogP contribution in [0.1, 0.15) is 26.4 Å². The lowest BCUT2D eigenvalue weighted by Gasteiger charge is -2.13. The highest BCUT2D eigenvalue weighted by Crippen LogP contribution is 2.14. The number of guanidine groups is 1. The highest BCUT2D eigenvalue weighted by atomic mass is 32.1. The van der Waals surface area contributed by atoms with E-state index in [1.807, 2.05) is 11.3 Å². The highest BCUT2D eigenvalue weighted by molar-refractivity contribution is 7.11. The van der Waals surface area contributed by atoms with Gasteiger partial charge in [-0.3, -0.25) is 4.99 Å². The number of aryl methyl sites for hydroxylation is 3. The van der Waals surface area contributed by atoms with Crippen molar-refractivity contribution in [1.29, 1.82) is 0 Å². The van der Waals surface area contributed by atoms with E-state index < -0.39 is 0 Å². The maximum Gasteiger partial charge on any atom is 0.191 e. The molecule has 0 bridgehead atoms. The smallest absolute Gasteiger partial charge is 0.191 e. The molecule has 0 saturated carbocycles. The minimum absolute atomic E-state index is 0.787. The van der Waals surface area contributed by atoms with E-state index in [1.54, 1.807) is 7.05 Å². The molecule has 0 radical (unpaired) electrons. The van der Waals surface area contributed by atoms with Gasteiger partial charge in [-0.25, -0.2) is 0 Å². The first-order valence-electron chi connectivity index (χ1n) is 7.14. The SMILES string of the molecule is CN=C(NCc1ccc(C)s1)NCc1ccc(C)cc1C. The molecule has 2 N–H and O–H groups in total. The Bertz CT molecular complexity index is 629. The molecule has 0 atom stereocenters. The van der Waals surface area contributed by atoms with Gasteiger partial charge in [-0.2, -0.15) is 0 Å². The van der Waals surface area contributed by atoms with Crippen molar-refractivity contribution in [2.24, 2.45) is 4.99 Å². The molecule has 112 valence electrons. The van der Waals surface area contributed by atoms with Gasteiger partial charge in [0.2, 0.25) is 0 Å². The summed E-state index contributed by atoms with van der Waals surface area (Å²) in [4.78, 5) is 6.93. The van der Waals surface area contributed by atoms with E-state index in [4.69, 9.17) is 0 Å². The van der Waals surface area contributed by atoms with Crippen LogP contribution in [0.15, 0.2) is 35.3 Å². The highest BCUT2D eigenvalue weighted by Gasteiger charge is 2.02. The number of hydrogen-bond donors (Lipinski definition) is 2. The second-order valence-electron chi connectivity index (χ2n) is 5.22. The lowest BCUT2D eigenvalue weighted by molar-refractivity contribution is 0.812. The van der Waals surface area contributed by atoms with Crippen molar-refractivity contribution in [2.75, 3.05) is 7.05 Å². The van der Waals surface area contributed by atoms with Gasteiger partial charge in [0.25, 0.3) is 0 Å². The number of nitrogens with zero attached hydrogens (tertiary/aromatic N) is 1. The number of benzene rings is 1. The predicted molar refractivity (Wildman–Crippen MR) is 92.0 cm³/mol. The van der Waals surface area contributed by atoms with E-state index in [0.29, 0.717) is 0 Å². The summed E-state index contributed by atoms with van der Waals surface area (Å²) in [6.45, 7) is 7.99. The summed E-state index contributed by atoms with van der Waals surface area (Å²) in [5.74, 6) is 0.834. The average molecular weight is 301 g/mol. The first kappa shape index (κ1) is 15.6. The molecule has 0 saturated heterocycles. The Hall–Kier alpha value is -1.81. The molecule has 1 heterocycles. The van der Waals surface area contributed by atoms with Crippen molar-refractivity contribution >= 4 is 17.3 Å². The van der Waals surface area contributed by atoms with E-state index in [2.05, 4.69) is 66.7 Å². The van der Waals surface area contributed by atoms with Gasteiger partial charge in [-0.15, -0.1) is 11.3 Å². The maximum absolute atomic E-state index is 4.27. The summed E-state index contributed by atoms with van der Waals surface area (Å²) in [7, 11) is 1.80. The molecule has 0 unspecified atom stereocenters. The Kier molecular flexibility index (Phi) is 5.39. The number of rotatable bonds is 4. The van der Waals surface area contributed by atoms with Gasteiger partial charge in [0.1, 0.15) is 0 Å². The molecule has 0 aliphatic rings. The van der Waals surface area contributed by atoms with Crippen molar-refractivity contribution < 1.29 is 0 Å². The molecule has 0 fully saturated rings. The summed E-state index contributed by atoms with van der Waals surface area (Å²) >= 11 is 1.81. The molecule has 21 heavy (non-hydrogen) atoms. The van der Waals surface area contributed by atoms with Crippen LogP contribution in [0.25, 0.3) is 0 Å². The van der Waals surface area contributed by atoms with Crippen LogP contribution in [-0.2, 0) is 13.1 Å². The molecule has 4 heteroatoms. The standard InChI is InChI=1S/C17H23N3S/c1-12-5-7-15(13(2)9-12)10-19-17(18-4)20-11-16-8-6-14(3)21-16/h5-9H,10-11H2,1-4H3,(H2,18,19,20). The maximum atomic E-state index is 4.27. The third-order valence-electron chi connectivity index (χ3n) is 3.39. The monoisotopic (exact) mass is 301 g/mol. The topological polar surface area (TPSA) is 36.4 Å². The van der Waals surface area contributed by atoms with Gasteiger partial charge in [0.15, 0.2) is 5.96 Å². The Morgan fingerprint density at radius 2 is 1.81 bits per heavy atom. The largest absolute Gasteiger partial charge is 0.352 e. The molecular weight excluding hydrogens is 278 g/mol. The van der Waals surface area contributed by atoms with E-state index in [-0.39, 0.29) is 0 Å². The van der Waals surface area contributed by atoms with Crippen molar-refractivity contribution in [3.63, 3.8) is 0 Å². The fourth-order valence-electron chi connectivity index (χ4n) is 2.19. The van der Waals surface area contributed by atoms with Crippen molar-refractivity contribution in [1.82, 2.24) is 10.6 Å². The zero-order chi connectivity index (χ0) is 15.2. The van der Waals surface area contributed by atoms with Crippen LogP contribution in [0.4, 0.5) is 0 Å². The molecule has 3 nitrogen and oxygen atoms in total. The molecule has 1 aromatic carbocycles. The number of hydrogen-bond acceptors (Lipinski definition) is 2. The summed E-state index contributed by atoms with van der Waals surface area (Å²) in [6.07, 6.45) is 0. The van der Waals surface area contributed by atoms with Gasteiger partial charge in [-0.05, 0) is 44.0 Å². The second kappa shape index (κ2) is 7.27. The third kappa shape index (κ3) is 4.60. The Morgan fingerprint density at radius 1 is 1.05 bits per heavy atom. The zero-order valence-electron chi connectivity index (χ0n) is 13.2. The second-order valence-corrected chi connectivity index (χ2v) is 6.59. The molecule has 0 spiro atoms. The van der Waals surface area contributed by atoms with E-state index in [9.17, 15) is 0 Å². The summed E-state index contributed by atoms with van der Waals surface area (Å²) in [5.41, 5.74) is 3.91. The Labute approximate surface area is 131 Å². The van der Waals surface area contributed by atoms with Crippen molar-refractivity contribution in [3.05, 3.63) is 56.8 Å². The lowest BCUT2D eigenvalue weighted by Crippen LogP contribution is -2.36. The average Bonchev–Trinajstić information content (AvgIpc) is 2.86. The summed E-state index contributed by atoms with van der Waals surface area (Å²) in [5, 5.41) is 6.72.